The van der Waals surface area contributed by atoms with E-state index in [4.69, 9.17) is 9.26 Å². The summed E-state index contributed by atoms with van der Waals surface area (Å²) in [6, 6.07) is 0.191. The van der Waals surface area contributed by atoms with Gasteiger partial charge in [-0.15, -0.1) is 0 Å². The topological polar surface area (TPSA) is 84.6 Å². The normalized spacial score (nSPS) is 24.0. The number of hydrogen-bond donors (Lipinski definition) is 0. The minimum Gasteiger partial charge on any atom is -0.383 e. The highest BCUT2D eigenvalue weighted by Gasteiger charge is 2.41. The average molecular weight is 331 g/mol. The molecule has 2 atom stereocenters. The summed E-state index contributed by atoms with van der Waals surface area (Å²) in [4.78, 5) is 25.5. The average Bonchev–Trinajstić information content (AvgIpc) is 2.79. The van der Waals surface area contributed by atoms with Gasteiger partial charge in [0.05, 0.1) is 18.2 Å². The number of rotatable bonds is 4. The van der Waals surface area contributed by atoms with E-state index >= 15 is 0 Å². The Bertz CT molecular complexity index is 761. The van der Waals surface area contributed by atoms with Gasteiger partial charge in [-0.1, -0.05) is 5.16 Å². The summed E-state index contributed by atoms with van der Waals surface area (Å²) in [6.07, 6.45) is 3.45. The maximum atomic E-state index is 12.8. The summed E-state index contributed by atoms with van der Waals surface area (Å²) >= 11 is 0. The molecule has 8 nitrogen and oxygen atoms in total. The highest BCUT2D eigenvalue weighted by Crippen LogP contribution is 2.34. The third-order valence-corrected chi connectivity index (χ3v) is 5.05. The van der Waals surface area contributed by atoms with Crippen molar-refractivity contribution in [1.82, 2.24) is 20.0 Å². The summed E-state index contributed by atoms with van der Waals surface area (Å²) in [6.45, 7) is 4.55. The van der Waals surface area contributed by atoms with E-state index in [-0.39, 0.29) is 17.9 Å². The number of fused-ring (bicyclic) bond motifs is 5. The molecule has 24 heavy (non-hydrogen) atoms. The number of methoxy groups -OCH3 is 1. The van der Waals surface area contributed by atoms with Crippen LogP contribution in [0.3, 0.4) is 0 Å². The lowest BCUT2D eigenvalue weighted by Gasteiger charge is -2.35. The van der Waals surface area contributed by atoms with Crippen molar-refractivity contribution in [3.63, 3.8) is 0 Å². The Balaban J connectivity index is 1.68. The van der Waals surface area contributed by atoms with Crippen molar-refractivity contribution < 1.29 is 14.1 Å². The summed E-state index contributed by atoms with van der Waals surface area (Å²) in [5.74, 6) is 1.06. The number of piperidine rings is 1. The van der Waals surface area contributed by atoms with E-state index in [0.717, 1.165) is 36.3 Å². The van der Waals surface area contributed by atoms with Crippen LogP contribution < -0.4 is 4.90 Å². The lowest BCUT2D eigenvalue weighted by atomic mass is 9.94. The second-order valence-electron chi connectivity index (χ2n) is 6.50. The second kappa shape index (κ2) is 6.01. The molecule has 2 aromatic heterocycles. The van der Waals surface area contributed by atoms with E-state index < -0.39 is 0 Å². The predicted octanol–water partition coefficient (Wildman–Crippen LogP) is 1.000. The molecule has 8 heteroatoms. The maximum Gasteiger partial charge on any atom is 0.263 e. The molecule has 1 amide bonds. The van der Waals surface area contributed by atoms with E-state index in [1.807, 2.05) is 11.8 Å². The van der Waals surface area contributed by atoms with E-state index in [1.54, 1.807) is 7.11 Å². The molecule has 0 unspecified atom stereocenters. The molecule has 3 aliphatic rings. The number of aromatic nitrogens is 3. The van der Waals surface area contributed by atoms with Gasteiger partial charge >= 0.3 is 0 Å². The predicted molar refractivity (Wildman–Crippen MR) is 86.7 cm³/mol. The molecule has 2 bridgehead atoms. The number of hydrogen-bond acceptors (Lipinski definition) is 7. The molecule has 128 valence electrons. The quantitative estimate of drug-likeness (QED) is 0.826. The lowest BCUT2D eigenvalue weighted by Crippen LogP contribution is -2.49. The zero-order chi connectivity index (χ0) is 16.7. The lowest BCUT2D eigenvalue weighted by molar-refractivity contribution is -0.140. The van der Waals surface area contributed by atoms with Crippen molar-refractivity contribution in [2.24, 2.45) is 5.92 Å². The first-order chi connectivity index (χ1) is 11.7. The van der Waals surface area contributed by atoms with Crippen LogP contribution in [0.4, 0.5) is 5.82 Å². The monoisotopic (exact) mass is 331 g/mol. The van der Waals surface area contributed by atoms with E-state index in [1.165, 1.54) is 6.33 Å². The van der Waals surface area contributed by atoms with Gasteiger partial charge in [0.2, 0.25) is 5.91 Å². The zero-order valence-corrected chi connectivity index (χ0v) is 13.9. The fourth-order valence-electron chi connectivity index (χ4n) is 3.84. The number of carbonyl (C=O) groups excluding carboxylic acids is 1. The summed E-state index contributed by atoms with van der Waals surface area (Å²) < 4.78 is 10.4. The van der Waals surface area contributed by atoms with Crippen LogP contribution in [0.25, 0.3) is 11.1 Å². The molecule has 5 rings (SSSR count). The van der Waals surface area contributed by atoms with E-state index in [0.29, 0.717) is 25.4 Å². The van der Waals surface area contributed by atoms with Crippen LogP contribution in [0.15, 0.2) is 10.9 Å². The van der Waals surface area contributed by atoms with Crippen molar-refractivity contribution >= 4 is 22.8 Å². The SMILES string of the molecule is COCCN1C(=O)[C@@H]2CC[C@H]1CN(c1ncnc3onc(C)c13)C2. The Morgan fingerprint density at radius 2 is 2.21 bits per heavy atom. The number of nitrogens with zero attached hydrogens (tertiary/aromatic N) is 5. The minimum atomic E-state index is 0.00536. The first-order valence-electron chi connectivity index (χ1n) is 8.30. The Kier molecular flexibility index (Phi) is 3.84. The van der Waals surface area contributed by atoms with Gasteiger partial charge in [-0.25, -0.2) is 4.98 Å². The maximum absolute atomic E-state index is 12.8. The highest BCUT2D eigenvalue weighted by atomic mass is 16.5. The van der Waals surface area contributed by atoms with Crippen LogP contribution in [-0.4, -0.2) is 65.3 Å². The third-order valence-electron chi connectivity index (χ3n) is 5.05. The molecule has 0 aromatic carbocycles. The van der Waals surface area contributed by atoms with Crippen LogP contribution in [0.5, 0.6) is 0 Å². The fraction of sp³-hybridized carbons (Fsp3) is 0.625. The van der Waals surface area contributed by atoms with Gasteiger partial charge in [0.25, 0.3) is 5.71 Å². The van der Waals surface area contributed by atoms with Gasteiger partial charge in [-0.05, 0) is 19.8 Å². The Morgan fingerprint density at radius 3 is 3.04 bits per heavy atom. The van der Waals surface area contributed by atoms with Gasteiger partial charge in [-0.3, -0.25) is 4.79 Å². The van der Waals surface area contributed by atoms with Crippen LogP contribution in [-0.2, 0) is 9.53 Å². The Morgan fingerprint density at radius 1 is 1.33 bits per heavy atom. The Hall–Kier alpha value is -2.22. The van der Waals surface area contributed by atoms with Crippen LogP contribution in [0.2, 0.25) is 0 Å². The number of aryl methyl sites for hydroxylation is 1. The van der Waals surface area contributed by atoms with Gasteiger partial charge in [0.1, 0.15) is 17.5 Å². The number of carbonyl (C=O) groups is 1. The van der Waals surface area contributed by atoms with Crippen molar-refractivity contribution in [3.05, 3.63) is 12.0 Å². The first kappa shape index (κ1) is 15.3. The number of ether oxygens (including phenoxy) is 1. The summed E-state index contributed by atoms with van der Waals surface area (Å²) in [7, 11) is 1.67. The fourth-order valence-corrected chi connectivity index (χ4v) is 3.84. The van der Waals surface area contributed by atoms with Crippen LogP contribution >= 0.6 is 0 Å². The highest BCUT2D eigenvalue weighted by molar-refractivity contribution is 5.89. The van der Waals surface area contributed by atoms with Crippen molar-refractivity contribution in [2.45, 2.75) is 25.8 Å². The molecule has 3 aliphatic heterocycles. The van der Waals surface area contributed by atoms with Crippen molar-refractivity contribution in [1.29, 1.82) is 0 Å². The largest absolute Gasteiger partial charge is 0.383 e. The summed E-state index contributed by atoms with van der Waals surface area (Å²) in [5, 5.41) is 4.84. The molecule has 0 N–H and O–H groups in total. The third kappa shape index (κ3) is 2.41. The molecule has 0 aliphatic carbocycles. The van der Waals surface area contributed by atoms with E-state index in [9.17, 15) is 4.79 Å². The molecule has 3 fully saturated rings. The molecule has 3 saturated heterocycles. The molecule has 0 saturated carbocycles. The second-order valence-corrected chi connectivity index (χ2v) is 6.50. The van der Waals surface area contributed by atoms with Gasteiger partial charge in [0, 0.05) is 32.8 Å². The van der Waals surface area contributed by atoms with Gasteiger partial charge in [0.15, 0.2) is 0 Å². The zero-order valence-electron chi connectivity index (χ0n) is 13.9. The Labute approximate surface area is 139 Å². The van der Waals surface area contributed by atoms with E-state index in [2.05, 4.69) is 20.0 Å². The van der Waals surface area contributed by atoms with Gasteiger partial charge in [-0.2, -0.15) is 4.98 Å². The smallest absolute Gasteiger partial charge is 0.263 e. The van der Waals surface area contributed by atoms with Gasteiger partial charge < -0.3 is 19.1 Å². The standard InChI is InChI=1S/C16H21N5O3/c1-10-13-14(17-9-18-15(13)24-19-10)20-7-11-3-4-12(8-20)21(16(11)22)5-6-23-2/h9,11-12H,3-8H2,1-2H3/t11-,12+/m1/s1. The molecule has 2 aromatic rings. The van der Waals surface area contributed by atoms with Crippen molar-refractivity contribution in [2.75, 3.05) is 38.3 Å². The molecule has 0 spiro atoms. The molecular formula is C16H21N5O3. The minimum absolute atomic E-state index is 0.00536. The number of anilines is 1. The summed E-state index contributed by atoms with van der Waals surface area (Å²) in [5.41, 5.74) is 1.27. The molecular weight excluding hydrogens is 310 g/mol. The van der Waals surface area contributed by atoms with Crippen LogP contribution in [0, 0.1) is 12.8 Å². The molecule has 5 heterocycles. The number of amides is 1. The molecule has 0 radical (unpaired) electrons. The first-order valence-corrected chi connectivity index (χ1v) is 8.30. The van der Waals surface area contributed by atoms with Crippen LogP contribution in [0.1, 0.15) is 18.5 Å². The van der Waals surface area contributed by atoms with Crippen molar-refractivity contribution in [3.8, 4) is 0 Å².